The zero-order valence-corrected chi connectivity index (χ0v) is 12.4. The number of hydrogen-bond donors (Lipinski definition) is 2. The van der Waals surface area contributed by atoms with Gasteiger partial charge >= 0.3 is 12.0 Å². The molecule has 116 valence electrons. The number of H-pyrrole nitrogens is 1. The third-order valence-electron chi connectivity index (χ3n) is 4.30. The van der Waals surface area contributed by atoms with Crippen LogP contribution in [0, 0.1) is 5.41 Å². The van der Waals surface area contributed by atoms with E-state index in [9.17, 15) is 14.7 Å². The van der Waals surface area contributed by atoms with Crippen molar-refractivity contribution in [1.82, 2.24) is 25.0 Å². The van der Waals surface area contributed by atoms with Crippen molar-refractivity contribution in [2.45, 2.75) is 32.7 Å². The molecule has 0 aromatic carbocycles. The SMILES string of the molecule is CCC1(C(=O)O)CCN(C(=O)N(C)Cc2ncn[nH]2)CC1. The number of carbonyl (C=O) groups excluding carboxylic acids is 1. The van der Waals surface area contributed by atoms with E-state index in [1.54, 1.807) is 16.8 Å². The van der Waals surface area contributed by atoms with Crippen LogP contribution in [0.5, 0.6) is 0 Å². The Morgan fingerprint density at radius 1 is 1.48 bits per heavy atom. The average molecular weight is 295 g/mol. The number of aliphatic carboxylic acids is 1. The molecule has 1 aliphatic rings. The van der Waals surface area contributed by atoms with Gasteiger partial charge in [0, 0.05) is 20.1 Å². The lowest BCUT2D eigenvalue weighted by Crippen LogP contribution is -2.49. The van der Waals surface area contributed by atoms with Gasteiger partial charge in [0.05, 0.1) is 12.0 Å². The zero-order chi connectivity index (χ0) is 15.5. The summed E-state index contributed by atoms with van der Waals surface area (Å²) in [5, 5.41) is 15.8. The molecule has 0 radical (unpaired) electrons. The van der Waals surface area contributed by atoms with E-state index >= 15 is 0 Å². The molecule has 1 aromatic heterocycles. The van der Waals surface area contributed by atoms with Crippen molar-refractivity contribution in [3.63, 3.8) is 0 Å². The predicted octanol–water partition coefficient (Wildman–Crippen LogP) is 0.933. The van der Waals surface area contributed by atoms with Gasteiger partial charge in [-0.15, -0.1) is 0 Å². The first-order valence-corrected chi connectivity index (χ1v) is 7.06. The number of hydrogen-bond acceptors (Lipinski definition) is 4. The van der Waals surface area contributed by atoms with E-state index in [0.29, 0.717) is 44.7 Å². The van der Waals surface area contributed by atoms with Crippen LogP contribution in [0.4, 0.5) is 4.79 Å². The van der Waals surface area contributed by atoms with Crippen LogP contribution in [0.25, 0.3) is 0 Å². The van der Waals surface area contributed by atoms with Crippen molar-refractivity contribution in [3.05, 3.63) is 12.2 Å². The minimum Gasteiger partial charge on any atom is -0.481 e. The molecule has 1 aliphatic heterocycles. The van der Waals surface area contributed by atoms with E-state index < -0.39 is 11.4 Å². The second-order valence-electron chi connectivity index (χ2n) is 5.50. The molecule has 1 aromatic rings. The van der Waals surface area contributed by atoms with Gasteiger partial charge < -0.3 is 14.9 Å². The van der Waals surface area contributed by atoms with Crippen LogP contribution in [-0.2, 0) is 11.3 Å². The number of nitrogens with one attached hydrogen (secondary N) is 1. The van der Waals surface area contributed by atoms with E-state index in [1.807, 2.05) is 6.92 Å². The number of aromatic amines is 1. The number of amides is 2. The smallest absolute Gasteiger partial charge is 0.320 e. The highest BCUT2D eigenvalue weighted by atomic mass is 16.4. The maximum atomic E-state index is 12.3. The standard InChI is InChI=1S/C13H21N5O3/c1-3-13(11(19)20)4-6-18(7-5-13)12(21)17(2)8-10-14-9-15-16-10/h9H,3-8H2,1-2H3,(H,19,20)(H,14,15,16). The van der Waals surface area contributed by atoms with Crippen molar-refractivity contribution in [2.75, 3.05) is 20.1 Å². The summed E-state index contributed by atoms with van der Waals surface area (Å²) in [6, 6.07) is -0.110. The average Bonchev–Trinajstić information content (AvgIpc) is 2.99. The molecule has 0 spiro atoms. The molecular weight excluding hydrogens is 274 g/mol. The molecular formula is C13H21N5O3. The number of likely N-dealkylation sites (tertiary alicyclic amines) is 1. The third-order valence-corrected chi connectivity index (χ3v) is 4.30. The predicted molar refractivity (Wildman–Crippen MR) is 74.4 cm³/mol. The Bertz CT molecular complexity index is 494. The van der Waals surface area contributed by atoms with Gasteiger partial charge in [0.1, 0.15) is 12.2 Å². The molecule has 0 saturated carbocycles. The highest BCUT2D eigenvalue weighted by Crippen LogP contribution is 2.35. The van der Waals surface area contributed by atoms with E-state index in [2.05, 4.69) is 15.2 Å². The molecule has 0 atom stereocenters. The second kappa shape index (κ2) is 6.11. The Kier molecular flexibility index (Phi) is 4.44. The van der Waals surface area contributed by atoms with Crippen molar-refractivity contribution in [3.8, 4) is 0 Å². The lowest BCUT2D eigenvalue weighted by atomic mass is 9.76. The van der Waals surface area contributed by atoms with Gasteiger partial charge in [-0.2, -0.15) is 5.10 Å². The van der Waals surface area contributed by atoms with Crippen LogP contribution in [0.2, 0.25) is 0 Å². The lowest BCUT2D eigenvalue weighted by Gasteiger charge is -2.39. The van der Waals surface area contributed by atoms with E-state index in [0.717, 1.165) is 0 Å². The van der Waals surface area contributed by atoms with Gasteiger partial charge in [0.15, 0.2) is 0 Å². The van der Waals surface area contributed by atoms with Gasteiger partial charge in [-0.1, -0.05) is 6.92 Å². The second-order valence-corrected chi connectivity index (χ2v) is 5.50. The van der Waals surface area contributed by atoms with E-state index in [1.165, 1.54) is 6.33 Å². The summed E-state index contributed by atoms with van der Waals surface area (Å²) in [5.41, 5.74) is -0.680. The summed E-state index contributed by atoms with van der Waals surface area (Å²) in [6.07, 6.45) is 3.00. The van der Waals surface area contributed by atoms with Gasteiger partial charge in [-0.25, -0.2) is 9.78 Å². The number of carboxylic acids is 1. The molecule has 21 heavy (non-hydrogen) atoms. The molecule has 0 bridgehead atoms. The number of piperidine rings is 1. The molecule has 0 unspecified atom stereocenters. The summed E-state index contributed by atoms with van der Waals surface area (Å²) in [4.78, 5) is 31.0. The summed E-state index contributed by atoms with van der Waals surface area (Å²) in [7, 11) is 1.70. The number of aromatic nitrogens is 3. The summed E-state index contributed by atoms with van der Waals surface area (Å²) < 4.78 is 0. The summed E-state index contributed by atoms with van der Waals surface area (Å²) in [6.45, 7) is 3.19. The molecule has 1 fully saturated rings. The molecule has 2 N–H and O–H groups in total. The Morgan fingerprint density at radius 2 is 2.14 bits per heavy atom. The molecule has 0 aliphatic carbocycles. The number of carboxylic acid groups (broad SMARTS) is 1. The topological polar surface area (TPSA) is 102 Å². The zero-order valence-electron chi connectivity index (χ0n) is 12.4. The minimum absolute atomic E-state index is 0.110. The quantitative estimate of drug-likeness (QED) is 0.860. The van der Waals surface area contributed by atoms with E-state index in [-0.39, 0.29) is 6.03 Å². The van der Waals surface area contributed by atoms with Crippen LogP contribution < -0.4 is 0 Å². The number of nitrogens with zero attached hydrogens (tertiary/aromatic N) is 4. The van der Waals surface area contributed by atoms with E-state index in [4.69, 9.17) is 0 Å². The fourth-order valence-electron chi connectivity index (χ4n) is 2.69. The lowest BCUT2D eigenvalue weighted by molar-refractivity contribution is -0.152. The monoisotopic (exact) mass is 295 g/mol. The Labute approximate surface area is 123 Å². The van der Waals surface area contributed by atoms with Crippen molar-refractivity contribution < 1.29 is 14.7 Å². The van der Waals surface area contributed by atoms with Gasteiger partial charge in [0.2, 0.25) is 0 Å². The Balaban J connectivity index is 1.92. The van der Waals surface area contributed by atoms with Gasteiger partial charge in [-0.3, -0.25) is 9.89 Å². The molecule has 2 amide bonds. The highest BCUT2D eigenvalue weighted by molar-refractivity contribution is 5.77. The van der Waals surface area contributed by atoms with Gasteiger partial charge in [0.25, 0.3) is 0 Å². The highest BCUT2D eigenvalue weighted by Gasteiger charge is 2.41. The Hall–Kier alpha value is -2.12. The molecule has 2 heterocycles. The van der Waals surface area contributed by atoms with Crippen molar-refractivity contribution in [1.29, 1.82) is 0 Å². The third kappa shape index (κ3) is 3.14. The Morgan fingerprint density at radius 3 is 2.62 bits per heavy atom. The number of carbonyl (C=O) groups is 2. The largest absolute Gasteiger partial charge is 0.481 e. The number of urea groups is 1. The van der Waals surface area contributed by atoms with Gasteiger partial charge in [-0.05, 0) is 19.3 Å². The molecule has 1 saturated heterocycles. The fraction of sp³-hybridized carbons (Fsp3) is 0.692. The first kappa shape index (κ1) is 15.3. The fourth-order valence-corrected chi connectivity index (χ4v) is 2.69. The van der Waals surface area contributed by atoms with Crippen LogP contribution in [0.15, 0.2) is 6.33 Å². The van der Waals surface area contributed by atoms with Crippen molar-refractivity contribution in [2.24, 2.45) is 5.41 Å². The van der Waals surface area contributed by atoms with Crippen LogP contribution >= 0.6 is 0 Å². The summed E-state index contributed by atoms with van der Waals surface area (Å²) in [5.74, 6) is -0.136. The van der Waals surface area contributed by atoms with Crippen LogP contribution in [0.1, 0.15) is 32.0 Å². The maximum Gasteiger partial charge on any atom is 0.320 e. The first-order valence-electron chi connectivity index (χ1n) is 7.06. The minimum atomic E-state index is -0.757. The molecule has 8 heteroatoms. The molecule has 2 rings (SSSR count). The first-order chi connectivity index (χ1) is 9.98. The summed E-state index contributed by atoms with van der Waals surface area (Å²) >= 11 is 0. The van der Waals surface area contributed by atoms with Crippen LogP contribution in [0.3, 0.4) is 0 Å². The normalized spacial score (nSPS) is 17.5. The van der Waals surface area contributed by atoms with Crippen molar-refractivity contribution >= 4 is 12.0 Å². The molecule has 8 nitrogen and oxygen atoms in total. The van der Waals surface area contributed by atoms with Crippen LogP contribution in [-0.4, -0.2) is 62.2 Å². The maximum absolute atomic E-state index is 12.3. The number of rotatable bonds is 4.